The summed E-state index contributed by atoms with van der Waals surface area (Å²) in [6.45, 7) is 6.16. The maximum absolute atomic E-state index is 5.17. The molecule has 0 saturated heterocycles. The molecule has 1 N–H and O–H groups in total. The molecule has 0 fully saturated rings. The van der Waals surface area contributed by atoms with Crippen LogP contribution in [-0.2, 0) is 5.41 Å². The van der Waals surface area contributed by atoms with Crippen molar-refractivity contribution >= 4 is 18.4 Å². The van der Waals surface area contributed by atoms with Crippen molar-refractivity contribution in [2.75, 3.05) is 0 Å². The van der Waals surface area contributed by atoms with E-state index in [0.29, 0.717) is 10.5 Å². The van der Waals surface area contributed by atoms with Crippen molar-refractivity contribution in [1.82, 2.24) is 14.9 Å². The lowest BCUT2D eigenvalue weighted by Crippen LogP contribution is -2.17. The molecule has 0 unspecified atom stereocenters. The molecule has 0 atom stereocenters. The van der Waals surface area contributed by atoms with Gasteiger partial charge in [0.2, 0.25) is 4.77 Å². The third-order valence-corrected chi connectivity index (χ3v) is 2.43. The largest absolute Gasteiger partial charge is 0.463 e. The Bertz CT molecular complexity index is 571. The summed E-state index contributed by atoms with van der Waals surface area (Å²) in [5.41, 5.74) is -0.131. The SMILES string of the molecule is CC(C)(C)c1n[nH]c(=S)n1/N=C\c1ccco1. The Kier molecular flexibility index (Phi) is 2.97. The minimum absolute atomic E-state index is 0.131. The van der Waals surface area contributed by atoms with Crippen molar-refractivity contribution in [2.45, 2.75) is 26.2 Å². The van der Waals surface area contributed by atoms with E-state index in [1.165, 1.54) is 0 Å². The monoisotopic (exact) mass is 250 g/mol. The molecule has 0 radical (unpaired) electrons. The van der Waals surface area contributed by atoms with Crippen LogP contribution in [0.4, 0.5) is 0 Å². The van der Waals surface area contributed by atoms with E-state index in [9.17, 15) is 0 Å². The second-order valence-corrected chi connectivity index (χ2v) is 5.06. The first kappa shape index (κ1) is 11.8. The lowest BCUT2D eigenvalue weighted by molar-refractivity contribution is 0.515. The van der Waals surface area contributed by atoms with Crippen LogP contribution < -0.4 is 0 Å². The molecule has 2 heterocycles. The van der Waals surface area contributed by atoms with Crippen LogP contribution in [0, 0.1) is 4.77 Å². The fourth-order valence-electron chi connectivity index (χ4n) is 1.36. The minimum Gasteiger partial charge on any atom is -0.463 e. The molecule has 0 aliphatic carbocycles. The second kappa shape index (κ2) is 4.29. The maximum Gasteiger partial charge on any atom is 0.216 e. The third kappa shape index (κ3) is 2.52. The van der Waals surface area contributed by atoms with Crippen molar-refractivity contribution in [3.63, 3.8) is 0 Å². The van der Waals surface area contributed by atoms with Gasteiger partial charge in [0.05, 0.1) is 12.5 Å². The summed E-state index contributed by atoms with van der Waals surface area (Å²) < 4.78 is 7.25. The summed E-state index contributed by atoms with van der Waals surface area (Å²) in [7, 11) is 0. The number of aromatic amines is 1. The van der Waals surface area contributed by atoms with Gasteiger partial charge in [-0.1, -0.05) is 20.8 Å². The van der Waals surface area contributed by atoms with Crippen LogP contribution in [0.25, 0.3) is 0 Å². The number of aromatic nitrogens is 3. The topological polar surface area (TPSA) is 59.1 Å². The van der Waals surface area contributed by atoms with Crippen molar-refractivity contribution < 1.29 is 4.42 Å². The molecular formula is C11H14N4OS. The molecule has 90 valence electrons. The Morgan fingerprint density at radius 2 is 2.29 bits per heavy atom. The van der Waals surface area contributed by atoms with Crippen molar-refractivity contribution in [3.8, 4) is 0 Å². The summed E-state index contributed by atoms with van der Waals surface area (Å²) in [6.07, 6.45) is 3.21. The molecule has 2 rings (SSSR count). The molecule has 0 aliphatic rings. The average molecular weight is 250 g/mol. The highest BCUT2D eigenvalue weighted by atomic mass is 32.1. The van der Waals surface area contributed by atoms with Gasteiger partial charge in [-0.15, -0.1) is 0 Å². The van der Waals surface area contributed by atoms with Crippen LogP contribution in [0.3, 0.4) is 0 Å². The van der Waals surface area contributed by atoms with E-state index in [4.69, 9.17) is 16.6 Å². The molecule has 0 aromatic carbocycles. The van der Waals surface area contributed by atoms with Crippen LogP contribution in [0.5, 0.6) is 0 Å². The van der Waals surface area contributed by atoms with E-state index in [-0.39, 0.29) is 5.41 Å². The van der Waals surface area contributed by atoms with Crippen molar-refractivity contribution in [1.29, 1.82) is 0 Å². The van der Waals surface area contributed by atoms with Gasteiger partial charge in [-0.25, -0.2) is 0 Å². The molecule has 5 nitrogen and oxygen atoms in total. The third-order valence-electron chi connectivity index (χ3n) is 2.16. The highest BCUT2D eigenvalue weighted by Crippen LogP contribution is 2.19. The van der Waals surface area contributed by atoms with E-state index >= 15 is 0 Å². The molecule has 0 bridgehead atoms. The number of furan rings is 1. The minimum atomic E-state index is -0.131. The standard InChI is InChI=1S/C11H14N4OS/c1-11(2,3)9-13-14-10(17)15(9)12-7-8-5-4-6-16-8/h4-7H,1-3H3,(H,14,17)/b12-7-. The molecule has 0 saturated carbocycles. The normalized spacial score (nSPS) is 12.4. The first-order valence-corrected chi connectivity index (χ1v) is 5.65. The molecular weight excluding hydrogens is 236 g/mol. The number of rotatable bonds is 2. The zero-order valence-electron chi connectivity index (χ0n) is 9.97. The molecule has 2 aromatic rings. The predicted molar refractivity (Wildman–Crippen MR) is 67.8 cm³/mol. The number of hydrogen-bond donors (Lipinski definition) is 1. The summed E-state index contributed by atoms with van der Waals surface area (Å²) in [5.74, 6) is 1.46. The van der Waals surface area contributed by atoms with Crippen LogP contribution in [0.2, 0.25) is 0 Å². The van der Waals surface area contributed by atoms with Gasteiger partial charge in [-0.2, -0.15) is 14.9 Å². The molecule has 6 heteroatoms. The number of H-pyrrole nitrogens is 1. The fraction of sp³-hybridized carbons (Fsp3) is 0.364. The number of nitrogens with one attached hydrogen (secondary N) is 1. The van der Waals surface area contributed by atoms with Crippen molar-refractivity contribution in [3.05, 3.63) is 34.8 Å². The van der Waals surface area contributed by atoms with Gasteiger partial charge in [0, 0.05) is 5.41 Å². The molecule has 0 aliphatic heterocycles. The Labute approximate surface area is 104 Å². The van der Waals surface area contributed by atoms with Gasteiger partial charge in [-0.3, -0.25) is 5.10 Å². The van der Waals surface area contributed by atoms with Gasteiger partial charge >= 0.3 is 0 Å². The van der Waals surface area contributed by atoms with E-state index in [2.05, 4.69) is 36.1 Å². The number of hydrogen-bond acceptors (Lipinski definition) is 4. The highest BCUT2D eigenvalue weighted by Gasteiger charge is 2.21. The lowest BCUT2D eigenvalue weighted by atomic mass is 9.96. The molecule has 17 heavy (non-hydrogen) atoms. The Balaban J connectivity index is 2.39. The van der Waals surface area contributed by atoms with Crippen LogP contribution in [-0.4, -0.2) is 21.1 Å². The van der Waals surface area contributed by atoms with E-state index in [1.807, 2.05) is 6.07 Å². The summed E-state index contributed by atoms with van der Waals surface area (Å²) in [6, 6.07) is 3.63. The van der Waals surface area contributed by atoms with Gasteiger partial charge in [0.1, 0.15) is 5.76 Å². The number of nitrogens with zero attached hydrogens (tertiary/aromatic N) is 3. The Morgan fingerprint density at radius 1 is 1.53 bits per heavy atom. The second-order valence-electron chi connectivity index (χ2n) is 4.67. The predicted octanol–water partition coefficient (Wildman–Crippen LogP) is 2.71. The maximum atomic E-state index is 5.17. The highest BCUT2D eigenvalue weighted by molar-refractivity contribution is 7.71. The molecule has 0 amide bonds. The van der Waals surface area contributed by atoms with Crippen LogP contribution >= 0.6 is 12.2 Å². The summed E-state index contributed by atoms with van der Waals surface area (Å²) in [5, 5.41) is 11.2. The van der Waals surface area contributed by atoms with Gasteiger partial charge in [0.15, 0.2) is 5.82 Å². The molecule has 2 aromatic heterocycles. The lowest BCUT2D eigenvalue weighted by Gasteiger charge is -2.15. The van der Waals surface area contributed by atoms with E-state index in [1.54, 1.807) is 23.2 Å². The smallest absolute Gasteiger partial charge is 0.216 e. The summed E-state index contributed by atoms with van der Waals surface area (Å²) >= 11 is 5.14. The van der Waals surface area contributed by atoms with Gasteiger partial charge in [0.25, 0.3) is 0 Å². The fourth-order valence-corrected chi connectivity index (χ4v) is 1.54. The summed E-state index contributed by atoms with van der Waals surface area (Å²) in [4.78, 5) is 0. The van der Waals surface area contributed by atoms with E-state index < -0.39 is 0 Å². The Morgan fingerprint density at radius 3 is 2.88 bits per heavy atom. The first-order chi connectivity index (χ1) is 7.98. The van der Waals surface area contributed by atoms with Gasteiger partial charge < -0.3 is 4.42 Å². The first-order valence-electron chi connectivity index (χ1n) is 5.24. The zero-order chi connectivity index (χ0) is 12.5. The zero-order valence-corrected chi connectivity index (χ0v) is 10.8. The van der Waals surface area contributed by atoms with E-state index in [0.717, 1.165) is 5.82 Å². The molecule has 0 spiro atoms. The van der Waals surface area contributed by atoms with Gasteiger partial charge in [-0.05, 0) is 24.4 Å². The Hall–Kier alpha value is -1.69. The van der Waals surface area contributed by atoms with Crippen LogP contribution in [0.15, 0.2) is 27.9 Å². The average Bonchev–Trinajstić information content (AvgIpc) is 2.83. The van der Waals surface area contributed by atoms with Crippen molar-refractivity contribution in [2.24, 2.45) is 5.10 Å². The quantitative estimate of drug-likeness (QED) is 0.658. The van der Waals surface area contributed by atoms with Crippen LogP contribution in [0.1, 0.15) is 32.4 Å².